The van der Waals surface area contributed by atoms with E-state index in [1.54, 1.807) is 0 Å². The van der Waals surface area contributed by atoms with Crippen LogP contribution in [0.1, 0.15) is 27.7 Å². The number of nitrogens with one attached hydrogen (secondary N) is 1. The molecule has 1 saturated heterocycles. The zero-order valence-electron chi connectivity index (χ0n) is 12.7. The third-order valence-electron chi connectivity index (χ3n) is 4.04. The molecule has 1 fully saturated rings. The Bertz CT molecular complexity index is 670. The highest BCUT2D eigenvalue weighted by atomic mass is 32.2. The van der Waals surface area contributed by atoms with Gasteiger partial charge in [-0.05, 0) is 45.3 Å². The maximum atomic E-state index is 12.7. The van der Waals surface area contributed by atoms with Gasteiger partial charge in [0.25, 0.3) is 0 Å². The lowest BCUT2D eigenvalue weighted by Gasteiger charge is -2.32. The van der Waals surface area contributed by atoms with E-state index in [4.69, 9.17) is 14.1 Å². The van der Waals surface area contributed by atoms with Gasteiger partial charge in [0.2, 0.25) is 0 Å². The zero-order valence-corrected chi connectivity index (χ0v) is 13.5. The second-order valence-corrected chi connectivity index (χ2v) is 8.21. The third-order valence-corrected chi connectivity index (χ3v) is 5.61. The van der Waals surface area contributed by atoms with E-state index in [1.165, 1.54) is 12.1 Å². The Hall–Kier alpha value is -1.06. The van der Waals surface area contributed by atoms with Crippen molar-refractivity contribution in [3.63, 3.8) is 0 Å². The van der Waals surface area contributed by atoms with E-state index in [1.807, 2.05) is 27.7 Å². The molecule has 4 nitrogen and oxygen atoms in total. The highest BCUT2D eigenvalue weighted by Crippen LogP contribution is 2.37. The molecule has 1 aliphatic heterocycles. The molecule has 0 saturated carbocycles. The molecule has 1 unspecified atom stereocenters. The molecular weight excluding hydrogens is 318 g/mol. The lowest BCUT2D eigenvalue weighted by Crippen LogP contribution is -2.41. The van der Waals surface area contributed by atoms with E-state index >= 15 is 0 Å². The molecule has 9 heteroatoms. The van der Waals surface area contributed by atoms with Gasteiger partial charge in [-0.1, -0.05) is 12.1 Å². The molecule has 1 heterocycles. The first-order chi connectivity index (χ1) is 9.78. The Morgan fingerprint density at radius 2 is 1.64 bits per heavy atom. The third kappa shape index (κ3) is 2.77. The molecule has 1 aromatic carbocycles. The molecule has 1 aromatic rings. The van der Waals surface area contributed by atoms with Gasteiger partial charge < -0.3 is 9.31 Å². The number of hydrogen-bond donors (Lipinski definition) is 1. The molecule has 2 rings (SSSR count). The summed E-state index contributed by atoms with van der Waals surface area (Å²) in [6, 6.07) is 4.93. The van der Waals surface area contributed by atoms with Crippen molar-refractivity contribution in [3.8, 4) is 0 Å². The van der Waals surface area contributed by atoms with Crippen LogP contribution in [0, 0.1) is 4.78 Å². The fraction of sp³-hybridized carbons (Fsp3) is 0.538. The molecule has 22 heavy (non-hydrogen) atoms. The summed E-state index contributed by atoms with van der Waals surface area (Å²) in [5.74, 6) is 0. The smallest absolute Gasteiger partial charge is 0.399 e. The van der Waals surface area contributed by atoms with E-state index in [0.29, 0.717) is 5.46 Å². The molecule has 1 aliphatic rings. The van der Waals surface area contributed by atoms with Crippen LogP contribution < -0.4 is 5.46 Å². The molecule has 1 N–H and O–H groups in total. The molecule has 122 valence electrons. The summed E-state index contributed by atoms with van der Waals surface area (Å²) in [4.78, 5) is -0.604. The Balaban J connectivity index is 2.40. The Morgan fingerprint density at radius 1 is 1.14 bits per heavy atom. The largest absolute Gasteiger partial charge is 0.494 e. The topological polar surface area (TPSA) is 59.4 Å². The second kappa shape index (κ2) is 4.97. The first-order valence-electron chi connectivity index (χ1n) is 6.59. The van der Waals surface area contributed by atoms with E-state index in [9.17, 15) is 17.4 Å². The minimum absolute atomic E-state index is 0.306. The molecule has 0 radical (unpaired) electrons. The predicted octanol–water partition coefficient (Wildman–Crippen LogP) is 2.91. The molecular formula is C13H17BF3NO3S. The maximum Gasteiger partial charge on any atom is 0.494 e. The van der Waals surface area contributed by atoms with Crippen LogP contribution in [0.15, 0.2) is 29.2 Å². The van der Waals surface area contributed by atoms with Crippen molar-refractivity contribution in [2.24, 2.45) is 0 Å². The summed E-state index contributed by atoms with van der Waals surface area (Å²) in [5, 5.41) is 0. The molecule has 0 aromatic heterocycles. The van der Waals surface area contributed by atoms with Crippen molar-refractivity contribution in [1.82, 2.24) is 0 Å². The van der Waals surface area contributed by atoms with Gasteiger partial charge in [0.15, 0.2) is 9.73 Å². The van der Waals surface area contributed by atoms with E-state index in [0.717, 1.165) is 12.1 Å². The highest BCUT2D eigenvalue weighted by molar-refractivity contribution is 7.93. The van der Waals surface area contributed by atoms with E-state index in [2.05, 4.69) is 0 Å². The zero-order chi connectivity index (χ0) is 17.0. The quantitative estimate of drug-likeness (QED) is 0.846. The van der Waals surface area contributed by atoms with Gasteiger partial charge in [-0.2, -0.15) is 13.2 Å². The van der Waals surface area contributed by atoms with Gasteiger partial charge in [0.1, 0.15) is 0 Å². The molecule has 0 bridgehead atoms. The fourth-order valence-electron chi connectivity index (χ4n) is 1.95. The number of alkyl halides is 3. The maximum absolute atomic E-state index is 12.7. The van der Waals surface area contributed by atoms with Gasteiger partial charge in [-0.3, -0.25) is 0 Å². The first-order valence-corrected chi connectivity index (χ1v) is 8.14. The van der Waals surface area contributed by atoms with E-state index < -0.39 is 38.5 Å². The standard InChI is InChI=1S/C13H17BF3NO3S/c1-11(2)12(3,4)21-14(20-11)9-6-5-7-10(8-9)22(18,19)13(15,16)17/h5-8,18H,1-4H3. The first kappa shape index (κ1) is 17.3. The highest BCUT2D eigenvalue weighted by Gasteiger charge is 2.52. The van der Waals surface area contributed by atoms with Crippen molar-refractivity contribution in [1.29, 1.82) is 4.78 Å². The summed E-state index contributed by atoms with van der Waals surface area (Å²) in [6.45, 7) is 7.28. The number of benzene rings is 1. The summed E-state index contributed by atoms with van der Waals surface area (Å²) in [5.41, 5.74) is -6.10. The second-order valence-electron chi connectivity index (χ2n) is 6.16. The van der Waals surface area contributed by atoms with Crippen molar-refractivity contribution in [2.75, 3.05) is 0 Å². The average Bonchev–Trinajstić information content (AvgIpc) is 2.57. The monoisotopic (exact) mass is 335 g/mol. The minimum atomic E-state index is -5.12. The van der Waals surface area contributed by atoms with Gasteiger partial charge in [0, 0.05) is 0 Å². The summed E-state index contributed by atoms with van der Waals surface area (Å²) >= 11 is 0. The van der Waals surface area contributed by atoms with Crippen LogP contribution >= 0.6 is 0 Å². The predicted molar refractivity (Wildman–Crippen MR) is 77.3 cm³/mol. The van der Waals surface area contributed by atoms with Gasteiger partial charge in [-0.25, -0.2) is 8.99 Å². The van der Waals surface area contributed by atoms with Crippen molar-refractivity contribution in [3.05, 3.63) is 24.3 Å². The van der Waals surface area contributed by atoms with Crippen molar-refractivity contribution in [2.45, 2.75) is 49.3 Å². The lowest BCUT2D eigenvalue weighted by atomic mass is 9.79. The Labute approximate surface area is 128 Å². The molecule has 0 aliphatic carbocycles. The van der Waals surface area contributed by atoms with Gasteiger partial charge in [-0.15, -0.1) is 0 Å². The van der Waals surface area contributed by atoms with Crippen LogP contribution in [0.4, 0.5) is 13.2 Å². The fourth-order valence-corrected chi connectivity index (χ4v) is 2.79. The summed E-state index contributed by atoms with van der Waals surface area (Å²) in [6.07, 6.45) is 0. The van der Waals surface area contributed by atoms with Crippen LogP contribution in [0.5, 0.6) is 0 Å². The normalized spacial score (nSPS) is 23.3. The average molecular weight is 335 g/mol. The molecule has 0 amide bonds. The van der Waals surface area contributed by atoms with Crippen LogP contribution in [0.25, 0.3) is 0 Å². The number of halogens is 3. The number of hydrogen-bond acceptors (Lipinski definition) is 4. The van der Waals surface area contributed by atoms with Gasteiger partial charge in [0.05, 0.1) is 16.1 Å². The molecule has 1 atom stereocenters. The van der Waals surface area contributed by atoms with Crippen molar-refractivity contribution < 1.29 is 26.7 Å². The van der Waals surface area contributed by atoms with Crippen LogP contribution in [-0.4, -0.2) is 28.0 Å². The van der Waals surface area contributed by atoms with Gasteiger partial charge >= 0.3 is 12.6 Å². The Kier molecular flexibility index (Phi) is 3.91. The Morgan fingerprint density at radius 3 is 2.09 bits per heavy atom. The SMILES string of the molecule is CC1(C)OB(c2cccc(S(=N)(=O)C(F)(F)F)c2)OC1(C)C. The summed E-state index contributed by atoms with van der Waals surface area (Å²) in [7, 11) is -5.76. The van der Waals surface area contributed by atoms with Crippen molar-refractivity contribution >= 4 is 22.3 Å². The summed E-state index contributed by atoms with van der Waals surface area (Å²) < 4.78 is 68.6. The van der Waals surface area contributed by atoms with Crippen LogP contribution in [0.2, 0.25) is 0 Å². The number of rotatable bonds is 2. The van der Waals surface area contributed by atoms with E-state index in [-0.39, 0.29) is 0 Å². The minimum Gasteiger partial charge on any atom is -0.399 e. The van der Waals surface area contributed by atoms with Crippen LogP contribution in [0.3, 0.4) is 0 Å². The van der Waals surface area contributed by atoms with Crippen LogP contribution in [-0.2, 0) is 19.0 Å². The molecule has 0 spiro atoms. The lowest BCUT2D eigenvalue weighted by molar-refractivity contribution is -0.0406.